The van der Waals surface area contributed by atoms with E-state index in [-0.39, 0.29) is 21.4 Å². The zero-order valence-electron chi connectivity index (χ0n) is 8.67. The van der Waals surface area contributed by atoms with Crippen LogP contribution >= 0.6 is 9.90 Å². The van der Waals surface area contributed by atoms with Gasteiger partial charge in [0, 0.05) is 16.3 Å². The molecule has 0 unspecified atom stereocenters. The SMILES string of the molecule is Oc1ccccc1Cc1ccccc1O.[P]. The van der Waals surface area contributed by atoms with Gasteiger partial charge >= 0.3 is 0 Å². The van der Waals surface area contributed by atoms with Crippen LogP contribution in [0.3, 0.4) is 0 Å². The topological polar surface area (TPSA) is 40.5 Å². The zero-order valence-corrected chi connectivity index (χ0v) is 9.56. The molecule has 16 heavy (non-hydrogen) atoms. The van der Waals surface area contributed by atoms with Gasteiger partial charge in [-0.3, -0.25) is 0 Å². The molecule has 0 amide bonds. The lowest BCUT2D eigenvalue weighted by Crippen LogP contribution is -1.88. The van der Waals surface area contributed by atoms with Crippen molar-refractivity contribution in [2.24, 2.45) is 0 Å². The van der Waals surface area contributed by atoms with Crippen molar-refractivity contribution >= 4 is 9.90 Å². The lowest BCUT2D eigenvalue weighted by molar-refractivity contribution is 0.463. The molecule has 0 aliphatic heterocycles. The van der Waals surface area contributed by atoms with Gasteiger partial charge in [0.2, 0.25) is 0 Å². The van der Waals surface area contributed by atoms with Crippen molar-refractivity contribution in [3.63, 3.8) is 0 Å². The van der Waals surface area contributed by atoms with Crippen molar-refractivity contribution in [1.82, 2.24) is 0 Å². The first-order valence-corrected chi connectivity index (χ1v) is 4.81. The Balaban J connectivity index is 0.00000128. The maximum absolute atomic E-state index is 9.58. The summed E-state index contributed by atoms with van der Waals surface area (Å²) in [7, 11) is 0. The van der Waals surface area contributed by atoms with Gasteiger partial charge in [0.1, 0.15) is 11.5 Å². The first-order valence-electron chi connectivity index (χ1n) is 4.81. The van der Waals surface area contributed by atoms with Crippen LogP contribution in [0.15, 0.2) is 48.5 Å². The minimum Gasteiger partial charge on any atom is -0.508 e. The second-order valence-corrected chi connectivity index (χ2v) is 3.43. The van der Waals surface area contributed by atoms with Crippen LogP contribution in [0, 0.1) is 0 Å². The molecule has 81 valence electrons. The van der Waals surface area contributed by atoms with E-state index < -0.39 is 0 Å². The van der Waals surface area contributed by atoms with Crippen molar-refractivity contribution in [1.29, 1.82) is 0 Å². The van der Waals surface area contributed by atoms with Gasteiger partial charge in [0.15, 0.2) is 0 Å². The highest BCUT2D eigenvalue weighted by Crippen LogP contribution is 2.24. The molecule has 2 aromatic carbocycles. The van der Waals surface area contributed by atoms with Crippen LogP contribution in [-0.4, -0.2) is 10.2 Å². The molecule has 0 aliphatic rings. The number of aromatic hydroxyl groups is 2. The van der Waals surface area contributed by atoms with E-state index in [0.29, 0.717) is 6.42 Å². The van der Waals surface area contributed by atoms with Crippen LogP contribution in [0.1, 0.15) is 11.1 Å². The van der Waals surface area contributed by atoms with E-state index in [4.69, 9.17) is 0 Å². The van der Waals surface area contributed by atoms with Gasteiger partial charge in [-0.2, -0.15) is 0 Å². The number of hydrogen-bond acceptors (Lipinski definition) is 2. The third-order valence-corrected chi connectivity index (χ3v) is 2.36. The minimum absolute atomic E-state index is 0. The molecule has 2 nitrogen and oxygen atoms in total. The zero-order chi connectivity index (χ0) is 10.7. The number of para-hydroxylation sites is 2. The molecule has 0 saturated heterocycles. The number of phenolic OH excluding ortho intramolecular Hbond substituents is 2. The Morgan fingerprint density at radius 3 is 1.44 bits per heavy atom. The summed E-state index contributed by atoms with van der Waals surface area (Å²) in [6, 6.07) is 14.3. The Morgan fingerprint density at radius 1 is 0.688 bits per heavy atom. The van der Waals surface area contributed by atoms with E-state index in [1.807, 2.05) is 24.3 Å². The van der Waals surface area contributed by atoms with E-state index >= 15 is 0 Å². The summed E-state index contributed by atoms with van der Waals surface area (Å²) in [4.78, 5) is 0. The average Bonchev–Trinajstić information content (AvgIpc) is 2.24. The minimum atomic E-state index is 0. The summed E-state index contributed by atoms with van der Waals surface area (Å²) in [5, 5.41) is 19.2. The van der Waals surface area contributed by atoms with E-state index in [2.05, 4.69) is 0 Å². The van der Waals surface area contributed by atoms with Crippen molar-refractivity contribution in [2.45, 2.75) is 6.42 Å². The van der Waals surface area contributed by atoms with Gasteiger partial charge in [-0.1, -0.05) is 36.4 Å². The smallest absolute Gasteiger partial charge is 0.119 e. The second kappa shape index (κ2) is 5.53. The van der Waals surface area contributed by atoms with Crippen LogP contribution < -0.4 is 0 Å². The molecule has 3 heteroatoms. The predicted molar refractivity (Wildman–Crippen MR) is 65.9 cm³/mol. The fraction of sp³-hybridized carbons (Fsp3) is 0.0769. The molecule has 0 spiro atoms. The van der Waals surface area contributed by atoms with Crippen LogP contribution in [0.2, 0.25) is 0 Å². The first-order chi connectivity index (χ1) is 7.27. The summed E-state index contributed by atoms with van der Waals surface area (Å²) in [6.07, 6.45) is 0.541. The number of hydrogen-bond donors (Lipinski definition) is 2. The Hall–Kier alpha value is -1.53. The van der Waals surface area contributed by atoms with Crippen LogP contribution in [0.25, 0.3) is 0 Å². The fourth-order valence-corrected chi connectivity index (χ4v) is 1.53. The lowest BCUT2D eigenvalue weighted by atomic mass is 10.0. The predicted octanol–water partition coefficient (Wildman–Crippen LogP) is 3.55. The molecule has 0 fully saturated rings. The van der Waals surface area contributed by atoms with Crippen molar-refractivity contribution in [3.8, 4) is 11.5 Å². The molecule has 3 radical (unpaired) electrons. The van der Waals surface area contributed by atoms with Gasteiger partial charge < -0.3 is 10.2 Å². The molecule has 0 saturated carbocycles. The Kier molecular flexibility index (Phi) is 4.33. The molecule has 0 heterocycles. The number of benzene rings is 2. The quantitative estimate of drug-likeness (QED) is 0.776. The van der Waals surface area contributed by atoms with Crippen molar-refractivity contribution < 1.29 is 10.2 Å². The van der Waals surface area contributed by atoms with Gasteiger partial charge in [-0.25, -0.2) is 0 Å². The molecule has 0 atom stereocenters. The standard InChI is InChI=1S/C13H12O2.P/c14-12-7-3-1-5-10(12)9-11-6-2-4-8-13(11)15;/h1-8,14-15H,9H2;. The maximum Gasteiger partial charge on any atom is 0.119 e. The Bertz CT molecular complexity index is 425. The highest BCUT2D eigenvalue weighted by Gasteiger charge is 2.04. The molecule has 0 bridgehead atoms. The summed E-state index contributed by atoms with van der Waals surface area (Å²) in [5.74, 6) is 0.529. The summed E-state index contributed by atoms with van der Waals surface area (Å²) in [5.41, 5.74) is 1.64. The number of rotatable bonds is 2. The van der Waals surface area contributed by atoms with Crippen molar-refractivity contribution in [3.05, 3.63) is 59.7 Å². The monoisotopic (exact) mass is 231 g/mol. The third-order valence-electron chi connectivity index (χ3n) is 2.36. The lowest BCUT2D eigenvalue weighted by Gasteiger charge is -2.05. The van der Waals surface area contributed by atoms with E-state index in [0.717, 1.165) is 11.1 Å². The van der Waals surface area contributed by atoms with Crippen LogP contribution in [0.4, 0.5) is 0 Å². The molecule has 0 aliphatic carbocycles. The largest absolute Gasteiger partial charge is 0.508 e. The summed E-state index contributed by atoms with van der Waals surface area (Å²) >= 11 is 0. The van der Waals surface area contributed by atoms with Crippen molar-refractivity contribution in [2.75, 3.05) is 0 Å². The molecule has 2 N–H and O–H groups in total. The van der Waals surface area contributed by atoms with E-state index in [9.17, 15) is 10.2 Å². The Labute approximate surface area is 98.2 Å². The van der Waals surface area contributed by atoms with Gasteiger partial charge in [0.05, 0.1) is 0 Å². The maximum atomic E-state index is 9.58. The third kappa shape index (κ3) is 2.74. The fourth-order valence-electron chi connectivity index (χ4n) is 1.53. The molecular formula is C13H12O2P. The van der Waals surface area contributed by atoms with Gasteiger partial charge in [0.25, 0.3) is 0 Å². The molecule has 2 aromatic rings. The van der Waals surface area contributed by atoms with Gasteiger partial charge in [-0.05, 0) is 23.3 Å². The Morgan fingerprint density at radius 2 is 1.06 bits per heavy atom. The molecule has 0 aromatic heterocycles. The first kappa shape index (κ1) is 12.5. The highest BCUT2D eigenvalue weighted by atomic mass is 31.0. The molecular weight excluding hydrogens is 219 g/mol. The molecule has 2 rings (SSSR count). The number of phenols is 2. The van der Waals surface area contributed by atoms with E-state index in [1.165, 1.54) is 0 Å². The van der Waals surface area contributed by atoms with E-state index in [1.54, 1.807) is 24.3 Å². The second-order valence-electron chi connectivity index (χ2n) is 3.43. The normalized spacial score (nSPS) is 9.50. The van der Waals surface area contributed by atoms with Crippen LogP contribution in [0.5, 0.6) is 11.5 Å². The summed E-state index contributed by atoms with van der Waals surface area (Å²) < 4.78 is 0. The highest BCUT2D eigenvalue weighted by molar-refractivity contribution is 6.92. The van der Waals surface area contributed by atoms with Crippen LogP contribution in [-0.2, 0) is 6.42 Å². The van der Waals surface area contributed by atoms with Gasteiger partial charge in [-0.15, -0.1) is 0 Å². The average molecular weight is 231 g/mol. The summed E-state index contributed by atoms with van der Waals surface area (Å²) in [6.45, 7) is 0.